The van der Waals surface area contributed by atoms with E-state index in [2.05, 4.69) is 10.2 Å². The zero-order valence-corrected chi connectivity index (χ0v) is 19.1. The average molecular weight is 452 g/mol. The summed E-state index contributed by atoms with van der Waals surface area (Å²) in [6.07, 6.45) is 2.41. The summed E-state index contributed by atoms with van der Waals surface area (Å²) in [5, 5.41) is 18.3. The first-order valence-electron chi connectivity index (χ1n) is 9.74. The number of aryl methyl sites for hydroxylation is 1. The topological polar surface area (TPSA) is 105 Å². The van der Waals surface area contributed by atoms with Crippen molar-refractivity contribution in [2.45, 2.75) is 41.8 Å². The standard InChI is InChI=1S/C21H29N3O4S2/c1-14-8-18(4-7-21(14)29-3)28-20-6-5-19(30(22,26)27)9-15(20)12-24(2)13-16-10-17(25)11-23-16/h4-9,16-17,23,25H,10-13H2,1-3H3,(H2,22,26,27)/t16-,17-/m1/s1. The molecular weight excluding hydrogens is 422 g/mol. The summed E-state index contributed by atoms with van der Waals surface area (Å²) in [4.78, 5) is 3.31. The molecule has 7 nitrogen and oxygen atoms in total. The lowest BCUT2D eigenvalue weighted by atomic mass is 10.1. The Hall–Kier alpha value is -1.62. The van der Waals surface area contributed by atoms with Crippen LogP contribution in [-0.2, 0) is 16.6 Å². The summed E-state index contributed by atoms with van der Waals surface area (Å²) in [5.74, 6) is 1.28. The lowest BCUT2D eigenvalue weighted by Gasteiger charge is -2.23. The Bertz CT molecular complexity index is 998. The van der Waals surface area contributed by atoms with Gasteiger partial charge in [0, 0.05) is 36.1 Å². The van der Waals surface area contributed by atoms with Gasteiger partial charge in [0.1, 0.15) is 11.5 Å². The number of hydrogen-bond acceptors (Lipinski definition) is 7. The molecular formula is C21H29N3O4S2. The number of rotatable bonds is 8. The highest BCUT2D eigenvalue weighted by Gasteiger charge is 2.23. The molecule has 3 rings (SSSR count). The summed E-state index contributed by atoms with van der Waals surface area (Å²) in [6, 6.07) is 10.8. The highest BCUT2D eigenvalue weighted by atomic mass is 32.2. The summed E-state index contributed by atoms with van der Waals surface area (Å²) < 4.78 is 29.8. The molecule has 2 atom stereocenters. The number of nitrogens with one attached hydrogen (secondary N) is 1. The molecule has 164 valence electrons. The van der Waals surface area contributed by atoms with E-state index in [4.69, 9.17) is 9.88 Å². The molecule has 0 aromatic heterocycles. The normalized spacial score (nSPS) is 19.4. The van der Waals surface area contributed by atoms with E-state index in [1.54, 1.807) is 23.9 Å². The largest absolute Gasteiger partial charge is 0.457 e. The van der Waals surface area contributed by atoms with Crippen molar-refractivity contribution in [3.63, 3.8) is 0 Å². The fourth-order valence-electron chi connectivity index (χ4n) is 3.67. The van der Waals surface area contributed by atoms with Gasteiger partial charge in [0.15, 0.2) is 0 Å². The molecule has 9 heteroatoms. The Morgan fingerprint density at radius 1 is 1.30 bits per heavy atom. The van der Waals surface area contributed by atoms with Crippen LogP contribution in [0.2, 0.25) is 0 Å². The predicted molar refractivity (Wildman–Crippen MR) is 120 cm³/mol. The number of likely N-dealkylation sites (N-methyl/N-ethyl adjacent to an activating group) is 1. The van der Waals surface area contributed by atoms with Crippen LogP contribution in [0.5, 0.6) is 11.5 Å². The third-order valence-corrected chi connectivity index (χ3v) is 6.93. The fraction of sp³-hybridized carbons (Fsp3) is 0.429. The quantitative estimate of drug-likeness (QED) is 0.529. The minimum atomic E-state index is -3.82. The van der Waals surface area contributed by atoms with E-state index in [0.717, 1.165) is 17.7 Å². The smallest absolute Gasteiger partial charge is 0.238 e. The molecule has 0 amide bonds. The van der Waals surface area contributed by atoms with Crippen molar-refractivity contribution in [1.82, 2.24) is 10.2 Å². The third kappa shape index (κ3) is 5.96. The van der Waals surface area contributed by atoms with Crippen molar-refractivity contribution in [3.05, 3.63) is 47.5 Å². The van der Waals surface area contributed by atoms with Crippen molar-refractivity contribution in [1.29, 1.82) is 0 Å². The van der Waals surface area contributed by atoms with Gasteiger partial charge in [0.05, 0.1) is 11.0 Å². The molecule has 1 heterocycles. The van der Waals surface area contributed by atoms with Gasteiger partial charge in [-0.1, -0.05) is 0 Å². The number of aliphatic hydroxyl groups is 1. The van der Waals surface area contributed by atoms with E-state index in [-0.39, 0.29) is 17.0 Å². The van der Waals surface area contributed by atoms with E-state index in [0.29, 0.717) is 31.0 Å². The van der Waals surface area contributed by atoms with Crippen LogP contribution in [0.4, 0.5) is 0 Å². The van der Waals surface area contributed by atoms with Crippen LogP contribution in [-0.4, -0.2) is 57.0 Å². The first-order valence-corrected chi connectivity index (χ1v) is 12.5. The molecule has 4 N–H and O–H groups in total. The van der Waals surface area contributed by atoms with Gasteiger partial charge in [0.25, 0.3) is 0 Å². The Kier molecular flexibility index (Phi) is 7.43. The van der Waals surface area contributed by atoms with Gasteiger partial charge in [-0.25, -0.2) is 13.6 Å². The number of β-amino-alcohol motifs (C(OH)–C–C–N with tert-alkyl or cyclic N) is 1. The maximum absolute atomic E-state index is 11.9. The van der Waals surface area contributed by atoms with Crippen molar-refractivity contribution in [2.75, 3.05) is 26.4 Å². The number of thioether (sulfide) groups is 1. The van der Waals surface area contributed by atoms with Crippen LogP contribution in [0.3, 0.4) is 0 Å². The minimum Gasteiger partial charge on any atom is -0.457 e. The molecule has 0 saturated carbocycles. The molecule has 1 aliphatic heterocycles. The zero-order valence-electron chi connectivity index (χ0n) is 17.5. The number of nitrogens with zero attached hydrogens (tertiary/aromatic N) is 1. The van der Waals surface area contributed by atoms with Crippen LogP contribution >= 0.6 is 11.8 Å². The lowest BCUT2D eigenvalue weighted by Crippen LogP contribution is -2.35. The molecule has 0 aliphatic carbocycles. The van der Waals surface area contributed by atoms with Crippen LogP contribution in [0, 0.1) is 6.92 Å². The Balaban J connectivity index is 1.84. The highest BCUT2D eigenvalue weighted by Crippen LogP contribution is 2.31. The first kappa shape index (κ1) is 23.1. The third-order valence-electron chi connectivity index (χ3n) is 5.13. The van der Waals surface area contributed by atoms with Crippen molar-refractivity contribution < 1.29 is 18.3 Å². The lowest BCUT2D eigenvalue weighted by molar-refractivity contribution is 0.189. The fourth-order valence-corrected chi connectivity index (χ4v) is 4.82. The number of ether oxygens (including phenoxy) is 1. The number of aliphatic hydroxyl groups excluding tert-OH is 1. The van der Waals surface area contributed by atoms with Crippen LogP contribution in [0.15, 0.2) is 46.2 Å². The van der Waals surface area contributed by atoms with Crippen LogP contribution < -0.4 is 15.2 Å². The summed E-state index contributed by atoms with van der Waals surface area (Å²) in [6.45, 7) is 3.83. The molecule has 1 aliphatic rings. The maximum Gasteiger partial charge on any atom is 0.238 e. The molecule has 1 saturated heterocycles. The predicted octanol–water partition coefficient (Wildman–Crippen LogP) is 2.31. The van der Waals surface area contributed by atoms with Crippen LogP contribution in [0.1, 0.15) is 17.5 Å². The monoisotopic (exact) mass is 451 g/mol. The molecule has 1 fully saturated rings. The van der Waals surface area contributed by atoms with Gasteiger partial charge in [-0.15, -0.1) is 11.8 Å². The number of primary sulfonamides is 1. The van der Waals surface area contributed by atoms with E-state index in [9.17, 15) is 13.5 Å². The van der Waals surface area contributed by atoms with Crippen molar-refractivity contribution >= 4 is 21.8 Å². The SMILES string of the molecule is CSc1ccc(Oc2ccc(S(N)(=O)=O)cc2CN(C)C[C@H]2C[C@@H](O)CN2)cc1C. The van der Waals surface area contributed by atoms with Crippen molar-refractivity contribution in [2.24, 2.45) is 5.14 Å². The molecule has 2 aromatic carbocycles. The van der Waals surface area contributed by atoms with Crippen LogP contribution in [0.25, 0.3) is 0 Å². The van der Waals surface area contributed by atoms with Crippen molar-refractivity contribution in [3.8, 4) is 11.5 Å². The molecule has 0 spiro atoms. The second kappa shape index (κ2) is 9.67. The maximum atomic E-state index is 11.9. The summed E-state index contributed by atoms with van der Waals surface area (Å²) >= 11 is 1.68. The number of benzene rings is 2. The number of sulfonamides is 1. The second-order valence-corrected chi connectivity index (χ2v) is 10.1. The summed E-state index contributed by atoms with van der Waals surface area (Å²) in [5.41, 5.74) is 1.85. The molecule has 0 bridgehead atoms. The van der Waals surface area contributed by atoms with E-state index < -0.39 is 10.0 Å². The number of nitrogens with two attached hydrogens (primary N) is 1. The first-order chi connectivity index (χ1) is 14.2. The zero-order chi connectivity index (χ0) is 21.9. The molecule has 2 aromatic rings. The Labute approximate surface area is 182 Å². The van der Waals surface area contributed by atoms with E-state index in [1.807, 2.05) is 38.4 Å². The van der Waals surface area contributed by atoms with Gasteiger partial charge in [-0.3, -0.25) is 0 Å². The average Bonchev–Trinajstić information content (AvgIpc) is 3.07. The van der Waals surface area contributed by atoms with E-state index >= 15 is 0 Å². The van der Waals surface area contributed by atoms with Gasteiger partial charge in [-0.2, -0.15) is 0 Å². The highest BCUT2D eigenvalue weighted by molar-refractivity contribution is 7.98. The van der Waals surface area contributed by atoms with Gasteiger partial charge in [0.2, 0.25) is 10.0 Å². The van der Waals surface area contributed by atoms with Gasteiger partial charge in [-0.05, 0) is 68.6 Å². The van der Waals surface area contributed by atoms with E-state index in [1.165, 1.54) is 11.0 Å². The molecule has 30 heavy (non-hydrogen) atoms. The Morgan fingerprint density at radius 2 is 2.07 bits per heavy atom. The molecule has 0 unspecified atom stereocenters. The van der Waals surface area contributed by atoms with Gasteiger partial charge >= 0.3 is 0 Å². The summed E-state index contributed by atoms with van der Waals surface area (Å²) in [7, 11) is -1.86. The molecule has 0 radical (unpaired) electrons. The Morgan fingerprint density at radius 3 is 2.67 bits per heavy atom. The second-order valence-electron chi connectivity index (χ2n) is 7.74. The minimum absolute atomic E-state index is 0.0570. The van der Waals surface area contributed by atoms with Gasteiger partial charge < -0.3 is 20.1 Å². The number of hydrogen-bond donors (Lipinski definition) is 3.